The van der Waals surface area contributed by atoms with E-state index in [4.69, 9.17) is 11.6 Å². The average molecular weight is 463 g/mol. The van der Waals surface area contributed by atoms with Crippen molar-refractivity contribution < 1.29 is 9.90 Å². The van der Waals surface area contributed by atoms with Crippen molar-refractivity contribution in [1.29, 1.82) is 0 Å². The smallest absolute Gasteiger partial charge is 0.335 e. The second-order valence-electron chi connectivity index (χ2n) is 7.34. The number of rotatable bonds is 11. The van der Waals surface area contributed by atoms with Crippen LogP contribution in [0.4, 0.5) is 0 Å². The first-order chi connectivity index (χ1) is 15.9. The minimum absolute atomic E-state index is 0.205. The number of pyridine rings is 1. The summed E-state index contributed by atoms with van der Waals surface area (Å²) in [5.74, 6) is -0.980. The van der Waals surface area contributed by atoms with Crippen molar-refractivity contribution in [3.8, 4) is 0 Å². The fourth-order valence-electron chi connectivity index (χ4n) is 3.41. The lowest BCUT2D eigenvalue weighted by Crippen LogP contribution is -2.25. The lowest BCUT2D eigenvalue weighted by atomic mass is 10.0. The number of aromatic nitrogens is 1. The summed E-state index contributed by atoms with van der Waals surface area (Å²) in [5, 5.41) is 10.3. The summed E-state index contributed by atoms with van der Waals surface area (Å²) in [6.45, 7) is 10.8. The first-order valence-electron chi connectivity index (χ1n) is 11.0. The number of carboxylic acids is 1. The molecule has 0 aliphatic rings. The van der Waals surface area contributed by atoms with E-state index in [-0.39, 0.29) is 5.57 Å². The van der Waals surface area contributed by atoms with Crippen LogP contribution < -0.4 is 0 Å². The Morgan fingerprint density at radius 2 is 1.88 bits per heavy atom. The van der Waals surface area contributed by atoms with Crippen molar-refractivity contribution in [3.63, 3.8) is 0 Å². The third-order valence-electron chi connectivity index (χ3n) is 5.02. The lowest BCUT2D eigenvalue weighted by Gasteiger charge is -2.30. The number of nitrogens with zero attached hydrogens (tertiary/aromatic N) is 2. The third kappa shape index (κ3) is 7.62. The summed E-state index contributed by atoms with van der Waals surface area (Å²) in [4.78, 5) is 18.4. The summed E-state index contributed by atoms with van der Waals surface area (Å²) in [6, 6.07) is 13.6. The fourth-order valence-corrected chi connectivity index (χ4v) is 3.54. The topological polar surface area (TPSA) is 53.4 Å². The lowest BCUT2D eigenvalue weighted by molar-refractivity contribution is -0.132. The Kier molecular flexibility index (Phi) is 10.4. The zero-order valence-corrected chi connectivity index (χ0v) is 20.2. The van der Waals surface area contributed by atoms with Gasteiger partial charge in [0.05, 0.1) is 17.0 Å². The molecule has 172 valence electrons. The van der Waals surface area contributed by atoms with Gasteiger partial charge in [0.15, 0.2) is 0 Å². The molecular weight excluding hydrogens is 432 g/mol. The van der Waals surface area contributed by atoms with Gasteiger partial charge in [0.25, 0.3) is 0 Å². The molecule has 0 saturated carbocycles. The second kappa shape index (κ2) is 13.2. The van der Waals surface area contributed by atoms with Crippen molar-refractivity contribution in [2.75, 3.05) is 6.54 Å². The largest absolute Gasteiger partial charge is 0.478 e. The Morgan fingerprint density at radius 1 is 1.15 bits per heavy atom. The molecule has 0 fully saturated rings. The summed E-state index contributed by atoms with van der Waals surface area (Å²) in [6.07, 6.45) is 12.2. The van der Waals surface area contributed by atoms with Crippen molar-refractivity contribution >= 4 is 23.3 Å². The van der Waals surface area contributed by atoms with E-state index in [1.165, 1.54) is 0 Å². The van der Waals surface area contributed by atoms with Crippen LogP contribution in [0.3, 0.4) is 0 Å². The van der Waals surface area contributed by atoms with E-state index in [9.17, 15) is 9.90 Å². The van der Waals surface area contributed by atoms with Gasteiger partial charge >= 0.3 is 5.97 Å². The molecule has 0 aliphatic carbocycles. The van der Waals surface area contributed by atoms with E-state index < -0.39 is 5.97 Å². The molecule has 0 radical (unpaired) electrons. The zero-order valence-electron chi connectivity index (χ0n) is 19.5. The molecule has 0 unspecified atom stereocenters. The molecule has 1 N–H and O–H groups in total. The Morgan fingerprint density at radius 3 is 2.42 bits per heavy atom. The summed E-state index contributed by atoms with van der Waals surface area (Å²) in [7, 11) is 0. The molecule has 0 saturated heterocycles. The minimum atomic E-state index is -0.980. The molecule has 0 aliphatic heterocycles. The molecule has 2 rings (SSSR count). The number of carbonyl (C=O) groups is 1. The molecule has 1 heterocycles. The van der Waals surface area contributed by atoms with Crippen LogP contribution in [0.1, 0.15) is 38.4 Å². The van der Waals surface area contributed by atoms with Gasteiger partial charge in [0, 0.05) is 23.5 Å². The highest BCUT2D eigenvalue weighted by molar-refractivity contribution is 6.30. The van der Waals surface area contributed by atoms with E-state index in [1.54, 1.807) is 31.3 Å². The van der Waals surface area contributed by atoms with Crippen LogP contribution >= 0.6 is 11.6 Å². The van der Waals surface area contributed by atoms with Crippen LogP contribution in [-0.2, 0) is 11.2 Å². The van der Waals surface area contributed by atoms with Gasteiger partial charge in [-0.2, -0.15) is 0 Å². The van der Waals surface area contributed by atoms with Crippen molar-refractivity contribution in [3.05, 3.63) is 119 Å². The van der Waals surface area contributed by atoms with Crippen molar-refractivity contribution in [2.24, 2.45) is 0 Å². The number of hydrogen-bond donors (Lipinski definition) is 1. The minimum Gasteiger partial charge on any atom is -0.478 e. The van der Waals surface area contributed by atoms with Gasteiger partial charge in [-0.05, 0) is 68.2 Å². The van der Waals surface area contributed by atoms with E-state index in [2.05, 4.69) is 16.5 Å². The fraction of sp³-hybridized carbons (Fsp3) is 0.214. The second-order valence-corrected chi connectivity index (χ2v) is 7.77. The molecule has 5 heteroatoms. The van der Waals surface area contributed by atoms with Gasteiger partial charge in [-0.3, -0.25) is 4.98 Å². The van der Waals surface area contributed by atoms with Crippen molar-refractivity contribution in [1.82, 2.24) is 9.88 Å². The summed E-state index contributed by atoms with van der Waals surface area (Å²) >= 11 is 6.04. The summed E-state index contributed by atoms with van der Waals surface area (Å²) in [5.41, 5.74) is 4.56. The maximum atomic E-state index is 11.7. The van der Waals surface area contributed by atoms with E-state index in [0.29, 0.717) is 17.3 Å². The summed E-state index contributed by atoms with van der Waals surface area (Å²) < 4.78 is 0. The SMILES string of the molecule is C=C(C(=C\CC)/C=C(\C=C/C)C(=O)O)N(CCc1ccc(Cl)cc1)/C(=C\C)c1ccccn1. The van der Waals surface area contributed by atoms with Crippen LogP contribution in [0.2, 0.25) is 5.02 Å². The number of hydrogen-bond acceptors (Lipinski definition) is 3. The molecule has 33 heavy (non-hydrogen) atoms. The maximum absolute atomic E-state index is 11.7. The first-order valence-corrected chi connectivity index (χ1v) is 11.4. The van der Waals surface area contributed by atoms with Gasteiger partial charge in [-0.15, -0.1) is 0 Å². The van der Waals surface area contributed by atoms with Crippen LogP contribution in [0.15, 0.2) is 102 Å². The monoisotopic (exact) mass is 462 g/mol. The number of carboxylic acid groups (broad SMARTS) is 1. The van der Waals surface area contributed by atoms with Crippen LogP contribution in [-0.4, -0.2) is 27.5 Å². The van der Waals surface area contributed by atoms with E-state index in [1.807, 2.05) is 68.5 Å². The Labute approximate surface area is 201 Å². The van der Waals surface area contributed by atoms with E-state index >= 15 is 0 Å². The number of halogens is 1. The predicted octanol–water partition coefficient (Wildman–Crippen LogP) is 7.08. The third-order valence-corrected chi connectivity index (χ3v) is 5.27. The van der Waals surface area contributed by atoms with Crippen LogP contribution in [0.25, 0.3) is 5.70 Å². The van der Waals surface area contributed by atoms with Gasteiger partial charge in [0.1, 0.15) is 0 Å². The van der Waals surface area contributed by atoms with Crippen molar-refractivity contribution in [2.45, 2.75) is 33.6 Å². The molecule has 0 spiro atoms. The number of aliphatic carboxylic acids is 1. The highest BCUT2D eigenvalue weighted by atomic mass is 35.5. The van der Waals surface area contributed by atoms with E-state index in [0.717, 1.165) is 35.4 Å². The molecule has 2 aromatic rings. The highest BCUT2D eigenvalue weighted by Gasteiger charge is 2.18. The van der Waals surface area contributed by atoms with Gasteiger partial charge < -0.3 is 10.0 Å². The molecule has 0 amide bonds. The Balaban J connectivity index is 2.50. The molecule has 0 atom stereocenters. The standard InChI is InChI=1S/C28H31ClN2O2/c1-5-10-23(20-24(11-6-2)28(32)33)21(4)31(19-17-22-13-15-25(29)16-14-22)27(7-3)26-12-8-9-18-30-26/h6-16,18,20H,4-5,17,19H2,1-3H3,(H,32,33)/b11-6-,23-10-,24-20+,27-7-. The molecule has 4 nitrogen and oxygen atoms in total. The molecule has 1 aromatic heterocycles. The predicted molar refractivity (Wildman–Crippen MR) is 138 cm³/mol. The quantitative estimate of drug-likeness (QED) is 0.286. The van der Waals surface area contributed by atoms with Gasteiger partial charge in [0.2, 0.25) is 0 Å². The zero-order chi connectivity index (χ0) is 24.2. The maximum Gasteiger partial charge on any atom is 0.335 e. The van der Waals surface area contributed by atoms with Gasteiger partial charge in [-0.1, -0.05) is 67.6 Å². The normalized spacial score (nSPS) is 12.8. The molecular formula is C28H31ClN2O2. The average Bonchev–Trinajstić information content (AvgIpc) is 2.82. The van der Waals surface area contributed by atoms with Crippen LogP contribution in [0.5, 0.6) is 0 Å². The first kappa shape index (κ1) is 25.9. The van der Waals surface area contributed by atoms with Crippen LogP contribution in [0, 0.1) is 0 Å². The molecule has 1 aromatic carbocycles. The highest BCUT2D eigenvalue weighted by Crippen LogP contribution is 2.28. The number of allylic oxidation sites excluding steroid dienone is 4. The molecule has 0 bridgehead atoms. The number of benzene rings is 1. The Bertz CT molecular complexity index is 1060. The Hall–Kier alpha value is -3.37. The van der Waals surface area contributed by atoms with Gasteiger partial charge in [-0.25, -0.2) is 4.79 Å².